The average molecular weight is 398 g/mol. The molecule has 5 aromatic rings. The lowest BCUT2D eigenvalue weighted by Crippen LogP contribution is -2.20. The summed E-state index contributed by atoms with van der Waals surface area (Å²) in [6.45, 7) is 6.54. The molecule has 0 atom stereocenters. The number of pyridine rings is 1. The number of hydrogen-bond donors (Lipinski definition) is 1. The van der Waals surface area contributed by atoms with Crippen molar-refractivity contribution in [3.8, 4) is 28.3 Å². The zero-order valence-corrected chi connectivity index (χ0v) is 17.3. The van der Waals surface area contributed by atoms with Gasteiger partial charge in [-0.15, -0.1) is 0 Å². The van der Waals surface area contributed by atoms with Crippen molar-refractivity contribution in [1.82, 2.24) is 29.5 Å². The minimum atomic E-state index is -0.0450. The largest absolute Gasteiger partial charge is 0.467 e. The van der Waals surface area contributed by atoms with E-state index in [-0.39, 0.29) is 5.54 Å². The van der Waals surface area contributed by atoms with Crippen LogP contribution < -0.4 is 4.74 Å². The second-order valence-corrected chi connectivity index (χ2v) is 8.27. The summed E-state index contributed by atoms with van der Waals surface area (Å²) >= 11 is 0. The van der Waals surface area contributed by atoms with E-state index in [1.54, 1.807) is 19.5 Å². The van der Waals surface area contributed by atoms with Crippen molar-refractivity contribution in [1.29, 1.82) is 0 Å². The van der Waals surface area contributed by atoms with Gasteiger partial charge in [0.2, 0.25) is 0 Å². The highest BCUT2D eigenvalue weighted by Crippen LogP contribution is 2.33. The maximum Gasteiger partial charge on any atom is 0.316 e. The number of nitrogens with one attached hydrogen (secondary N) is 1. The van der Waals surface area contributed by atoms with Crippen molar-refractivity contribution in [2.75, 3.05) is 7.11 Å². The fraction of sp³-hybridized carbons (Fsp3) is 0.217. The van der Waals surface area contributed by atoms with Crippen LogP contribution in [0.25, 0.3) is 44.3 Å². The summed E-state index contributed by atoms with van der Waals surface area (Å²) < 4.78 is 7.26. The summed E-state index contributed by atoms with van der Waals surface area (Å²) in [5.41, 5.74) is 6.95. The number of H-pyrrole nitrogens is 1. The Morgan fingerprint density at radius 1 is 0.900 bits per heavy atom. The van der Waals surface area contributed by atoms with Gasteiger partial charge in [0, 0.05) is 52.4 Å². The highest BCUT2D eigenvalue weighted by Gasteiger charge is 2.17. The molecule has 0 fully saturated rings. The zero-order chi connectivity index (χ0) is 20.9. The molecule has 0 amide bonds. The van der Waals surface area contributed by atoms with Gasteiger partial charge in [0.25, 0.3) is 0 Å². The molecule has 0 bridgehead atoms. The number of fused-ring (bicyclic) bond motifs is 2. The molecular weight excluding hydrogens is 376 g/mol. The summed E-state index contributed by atoms with van der Waals surface area (Å²) in [7, 11) is 1.55. The lowest BCUT2D eigenvalue weighted by atomic mass is 10.0. The second-order valence-electron chi connectivity index (χ2n) is 8.27. The van der Waals surface area contributed by atoms with Gasteiger partial charge in [-0.1, -0.05) is 6.07 Å². The van der Waals surface area contributed by atoms with Crippen LogP contribution in [0.5, 0.6) is 6.01 Å². The monoisotopic (exact) mass is 398 g/mol. The van der Waals surface area contributed by atoms with Crippen LogP contribution in [0.1, 0.15) is 20.8 Å². The van der Waals surface area contributed by atoms with Crippen LogP contribution in [0, 0.1) is 0 Å². The fourth-order valence-corrected chi connectivity index (χ4v) is 3.68. The third-order valence-electron chi connectivity index (χ3n) is 5.26. The molecule has 7 nitrogen and oxygen atoms in total. The summed E-state index contributed by atoms with van der Waals surface area (Å²) in [6, 6.07) is 8.83. The quantitative estimate of drug-likeness (QED) is 0.472. The summed E-state index contributed by atoms with van der Waals surface area (Å²) in [6.07, 6.45) is 9.23. The van der Waals surface area contributed by atoms with E-state index < -0.39 is 0 Å². The Bertz CT molecular complexity index is 1360. The van der Waals surface area contributed by atoms with Gasteiger partial charge in [-0.2, -0.15) is 0 Å². The number of benzene rings is 1. The minimum Gasteiger partial charge on any atom is -0.467 e. The van der Waals surface area contributed by atoms with Crippen molar-refractivity contribution >= 4 is 22.1 Å². The molecule has 0 aliphatic carbocycles. The Labute approximate surface area is 173 Å². The van der Waals surface area contributed by atoms with Crippen molar-refractivity contribution in [2.24, 2.45) is 0 Å². The standard InChI is InChI=1S/C23H22N6O/c1-23(2,3)29-13-28-19-6-5-14(8-20(19)29)18-12-25-21-17(18)7-15(9-24-21)16-10-26-22(30-4)27-11-16/h5-13H,1-4H3,(H,24,25). The van der Waals surface area contributed by atoms with E-state index >= 15 is 0 Å². The fourth-order valence-electron chi connectivity index (χ4n) is 3.68. The molecule has 30 heavy (non-hydrogen) atoms. The number of methoxy groups -OCH3 is 1. The smallest absolute Gasteiger partial charge is 0.316 e. The number of aromatic amines is 1. The third kappa shape index (κ3) is 2.99. The molecule has 7 heteroatoms. The SMILES string of the molecule is COc1ncc(-c2cnc3[nH]cc(-c4ccc5ncn(C(C)(C)C)c5c4)c3c2)cn1. The number of aromatic nitrogens is 6. The normalized spacial score (nSPS) is 12.0. The van der Waals surface area contributed by atoms with Gasteiger partial charge >= 0.3 is 6.01 Å². The Balaban J connectivity index is 1.64. The molecule has 0 spiro atoms. The third-order valence-corrected chi connectivity index (χ3v) is 5.26. The predicted octanol–water partition coefficient (Wildman–Crippen LogP) is 4.80. The summed E-state index contributed by atoms with van der Waals surface area (Å²) in [5.74, 6) is 0. The second kappa shape index (κ2) is 6.66. The van der Waals surface area contributed by atoms with Crippen LogP contribution in [0.2, 0.25) is 0 Å². The van der Waals surface area contributed by atoms with Gasteiger partial charge in [0.15, 0.2) is 0 Å². The van der Waals surface area contributed by atoms with Crippen LogP contribution in [0.3, 0.4) is 0 Å². The molecule has 1 aromatic carbocycles. The van der Waals surface area contributed by atoms with E-state index in [0.29, 0.717) is 6.01 Å². The highest BCUT2D eigenvalue weighted by molar-refractivity contribution is 5.97. The molecule has 0 saturated carbocycles. The lowest BCUT2D eigenvalue weighted by Gasteiger charge is -2.21. The molecule has 1 N–H and O–H groups in total. The van der Waals surface area contributed by atoms with Crippen molar-refractivity contribution < 1.29 is 4.74 Å². The Kier molecular flexibility index (Phi) is 4.06. The van der Waals surface area contributed by atoms with E-state index in [1.165, 1.54) is 0 Å². The maximum absolute atomic E-state index is 5.05. The van der Waals surface area contributed by atoms with Gasteiger partial charge in [0.05, 0.1) is 24.5 Å². The van der Waals surface area contributed by atoms with Crippen molar-refractivity contribution in [3.05, 3.63) is 55.4 Å². The Morgan fingerprint density at radius 3 is 2.40 bits per heavy atom. The number of hydrogen-bond acceptors (Lipinski definition) is 5. The summed E-state index contributed by atoms with van der Waals surface area (Å²) in [5, 5.41) is 1.05. The van der Waals surface area contributed by atoms with Gasteiger partial charge in [0.1, 0.15) is 5.65 Å². The topological polar surface area (TPSA) is 81.5 Å². The predicted molar refractivity (Wildman–Crippen MR) is 117 cm³/mol. The van der Waals surface area contributed by atoms with E-state index in [0.717, 1.165) is 44.3 Å². The molecular formula is C23H22N6O. The molecule has 5 rings (SSSR count). The number of imidazole rings is 1. The van der Waals surface area contributed by atoms with Crippen LogP contribution >= 0.6 is 0 Å². The van der Waals surface area contributed by atoms with E-state index in [2.05, 4.69) is 74.5 Å². The van der Waals surface area contributed by atoms with E-state index in [9.17, 15) is 0 Å². The number of rotatable bonds is 3. The molecule has 0 aliphatic heterocycles. The van der Waals surface area contributed by atoms with Gasteiger partial charge in [-0.25, -0.2) is 19.9 Å². The van der Waals surface area contributed by atoms with Crippen molar-refractivity contribution in [2.45, 2.75) is 26.3 Å². The maximum atomic E-state index is 5.05. The number of ether oxygens (including phenoxy) is 1. The molecule has 0 unspecified atom stereocenters. The van der Waals surface area contributed by atoms with Crippen LogP contribution in [0.15, 0.2) is 55.4 Å². The first-order valence-electron chi connectivity index (χ1n) is 9.75. The highest BCUT2D eigenvalue weighted by atomic mass is 16.5. The molecule has 0 saturated heterocycles. The number of nitrogens with zero attached hydrogens (tertiary/aromatic N) is 5. The molecule has 150 valence electrons. The summed E-state index contributed by atoms with van der Waals surface area (Å²) in [4.78, 5) is 20.8. The van der Waals surface area contributed by atoms with Gasteiger partial charge in [-0.05, 0) is 44.5 Å². The average Bonchev–Trinajstić information content (AvgIpc) is 3.36. The van der Waals surface area contributed by atoms with E-state index in [1.807, 2.05) is 18.7 Å². The Morgan fingerprint density at radius 2 is 1.67 bits per heavy atom. The molecule has 4 aromatic heterocycles. The molecule has 4 heterocycles. The first-order valence-corrected chi connectivity index (χ1v) is 9.75. The van der Waals surface area contributed by atoms with Crippen molar-refractivity contribution in [3.63, 3.8) is 0 Å². The van der Waals surface area contributed by atoms with Crippen LogP contribution in [0.4, 0.5) is 0 Å². The first kappa shape index (κ1) is 18.3. The minimum absolute atomic E-state index is 0.0450. The lowest BCUT2D eigenvalue weighted by molar-refractivity contribution is 0.380. The van der Waals surface area contributed by atoms with Crippen LogP contribution in [-0.4, -0.2) is 36.6 Å². The Hall–Kier alpha value is -3.74. The molecule has 0 radical (unpaired) electrons. The first-order chi connectivity index (χ1) is 14.4. The van der Waals surface area contributed by atoms with Crippen LogP contribution in [-0.2, 0) is 5.54 Å². The van der Waals surface area contributed by atoms with E-state index in [4.69, 9.17) is 4.74 Å². The van der Waals surface area contributed by atoms with Gasteiger partial charge in [-0.3, -0.25) is 0 Å². The van der Waals surface area contributed by atoms with Gasteiger partial charge < -0.3 is 14.3 Å². The zero-order valence-electron chi connectivity index (χ0n) is 17.3. The molecule has 0 aliphatic rings.